The molecule has 1 N–H and O–H groups in total. The lowest BCUT2D eigenvalue weighted by molar-refractivity contribution is 0.340. The van der Waals surface area contributed by atoms with Crippen molar-refractivity contribution in [3.8, 4) is 0 Å². The Kier molecular flexibility index (Phi) is 4.21. The average molecular weight is 207 g/mol. The van der Waals surface area contributed by atoms with Crippen LogP contribution >= 0.6 is 0 Å². The molecule has 0 radical (unpaired) electrons. The van der Waals surface area contributed by atoms with Gasteiger partial charge in [-0.2, -0.15) is 0 Å². The summed E-state index contributed by atoms with van der Waals surface area (Å²) in [6.45, 7) is 3.30. The number of hydrogen-bond acceptors (Lipinski definition) is 2. The SMILES string of the molecule is c1cn(CCNCC2CCCCC2)cn1. The molecule has 0 saturated heterocycles. The van der Waals surface area contributed by atoms with E-state index in [1.54, 1.807) is 0 Å². The molecule has 1 aromatic heterocycles. The van der Waals surface area contributed by atoms with Crippen LogP contribution in [0.4, 0.5) is 0 Å². The Morgan fingerprint density at radius 1 is 1.27 bits per heavy atom. The van der Waals surface area contributed by atoms with E-state index in [0.29, 0.717) is 0 Å². The molecule has 3 heteroatoms. The van der Waals surface area contributed by atoms with Crippen molar-refractivity contribution in [2.75, 3.05) is 13.1 Å². The van der Waals surface area contributed by atoms with Crippen molar-refractivity contribution in [3.63, 3.8) is 0 Å². The highest BCUT2D eigenvalue weighted by atomic mass is 15.0. The van der Waals surface area contributed by atoms with Crippen LogP contribution in [0.25, 0.3) is 0 Å². The number of aromatic nitrogens is 2. The van der Waals surface area contributed by atoms with Crippen LogP contribution in [-0.4, -0.2) is 22.6 Å². The van der Waals surface area contributed by atoms with E-state index in [1.165, 1.54) is 38.6 Å². The van der Waals surface area contributed by atoms with E-state index in [4.69, 9.17) is 0 Å². The summed E-state index contributed by atoms with van der Waals surface area (Å²) in [4.78, 5) is 4.03. The van der Waals surface area contributed by atoms with Crippen molar-refractivity contribution < 1.29 is 0 Å². The highest BCUT2D eigenvalue weighted by Crippen LogP contribution is 2.22. The van der Waals surface area contributed by atoms with E-state index >= 15 is 0 Å². The molecule has 3 nitrogen and oxygen atoms in total. The van der Waals surface area contributed by atoms with Crippen LogP contribution in [-0.2, 0) is 6.54 Å². The first kappa shape index (κ1) is 10.7. The molecule has 0 bridgehead atoms. The summed E-state index contributed by atoms with van der Waals surface area (Å²) in [5.74, 6) is 0.932. The van der Waals surface area contributed by atoms with Gasteiger partial charge in [-0.15, -0.1) is 0 Å². The second-order valence-corrected chi connectivity index (χ2v) is 4.51. The molecular formula is C12H21N3. The van der Waals surface area contributed by atoms with Gasteiger partial charge in [0.05, 0.1) is 6.33 Å². The fourth-order valence-electron chi connectivity index (χ4n) is 2.32. The maximum absolute atomic E-state index is 4.03. The molecule has 0 amide bonds. The van der Waals surface area contributed by atoms with Crippen molar-refractivity contribution in [1.29, 1.82) is 0 Å². The van der Waals surface area contributed by atoms with E-state index in [-0.39, 0.29) is 0 Å². The number of nitrogens with zero attached hydrogens (tertiary/aromatic N) is 2. The lowest BCUT2D eigenvalue weighted by atomic mass is 9.89. The smallest absolute Gasteiger partial charge is 0.0946 e. The highest BCUT2D eigenvalue weighted by Gasteiger charge is 2.12. The molecule has 2 rings (SSSR count). The van der Waals surface area contributed by atoms with Gasteiger partial charge in [0.15, 0.2) is 0 Å². The average Bonchev–Trinajstić information content (AvgIpc) is 2.79. The van der Waals surface area contributed by atoms with Gasteiger partial charge in [-0.25, -0.2) is 4.98 Å². The predicted molar refractivity (Wildman–Crippen MR) is 61.7 cm³/mol. The summed E-state index contributed by atoms with van der Waals surface area (Å²) in [6.07, 6.45) is 12.9. The molecule has 15 heavy (non-hydrogen) atoms. The van der Waals surface area contributed by atoms with Gasteiger partial charge in [-0.1, -0.05) is 19.3 Å². The Bertz CT molecular complexity index is 250. The van der Waals surface area contributed by atoms with Crippen molar-refractivity contribution in [2.24, 2.45) is 5.92 Å². The van der Waals surface area contributed by atoms with Crippen LogP contribution in [0.1, 0.15) is 32.1 Å². The maximum atomic E-state index is 4.03. The minimum atomic E-state index is 0.932. The lowest BCUT2D eigenvalue weighted by Crippen LogP contribution is -2.27. The third kappa shape index (κ3) is 3.67. The third-order valence-electron chi connectivity index (χ3n) is 3.26. The van der Waals surface area contributed by atoms with E-state index in [0.717, 1.165) is 19.0 Å². The minimum Gasteiger partial charge on any atom is -0.336 e. The second-order valence-electron chi connectivity index (χ2n) is 4.51. The van der Waals surface area contributed by atoms with Gasteiger partial charge >= 0.3 is 0 Å². The molecule has 0 aliphatic heterocycles. The molecule has 0 atom stereocenters. The molecule has 84 valence electrons. The molecule has 1 saturated carbocycles. The number of rotatable bonds is 5. The summed E-state index contributed by atoms with van der Waals surface area (Å²) >= 11 is 0. The molecule has 0 spiro atoms. The summed E-state index contributed by atoms with van der Waals surface area (Å²) < 4.78 is 2.12. The molecule has 1 aromatic rings. The molecule has 0 aromatic carbocycles. The van der Waals surface area contributed by atoms with Gasteiger partial charge in [0.1, 0.15) is 0 Å². The number of nitrogens with one attached hydrogen (secondary N) is 1. The monoisotopic (exact) mass is 207 g/mol. The highest BCUT2D eigenvalue weighted by molar-refractivity contribution is 4.74. The summed E-state index contributed by atoms with van der Waals surface area (Å²) in [5, 5.41) is 3.54. The Hall–Kier alpha value is -0.830. The van der Waals surface area contributed by atoms with Gasteiger partial charge in [-0.3, -0.25) is 0 Å². The van der Waals surface area contributed by atoms with E-state index in [1.807, 2.05) is 18.7 Å². The Balaban J connectivity index is 1.54. The van der Waals surface area contributed by atoms with Crippen molar-refractivity contribution in [1.82, 2.24) is 14.9 Å². The van der Waals surface area contributed by atoms with Crippen LogP contribution in [0.5, 0.6) is 0 Å². The summed E-state index contributed by atoms with van der Waals surface area (Å²) in [5.41, 5.74) is 0. The maximum Gasteiger partial charge on any atom is 0.0946 e. The predicted octanol–water partition coefficient (Wildman–Crippen LogP) is 2.05. The second kappa shape index (κ2) is 5.91. The molecule has 1 aliphatic carbocycles. The topological polar surface area (TPSA) is 29.9 Å². The Labute approximate surface area is 91.9 Å². The van der Waals surface area contributed by atoms with E-state index in [9.17, 15) is 0 Å². The fraction of sp³-hybridized carbons (Fsp3) is 0.750. The molecule has 1 aliphatic rings. The quantitative estimate of drug-likeness (QED) is 0.749. The van der Waals surface area contributed by atoms with Gasteiger partial charge in [0, 0.05) is 25.5 Å². The fourth-order valence-corrected chi connectivity index (χ4v) is 2.32. The van der Waals surface area contributed by atoms with Crippen LogP contribution in [0.3, 0.4) is 0 Å². The zero-order valence-electron chi connectivity index (χ0n) is 9.36. The van der Waals surface area contributed by atoms with Gasteiger partial charge in [0.25, 0.3) is 0 Å². The van der Waals surface area contributed by atoms with Crippen LogP contribution in [0, 0.1) is 5.92 Å². The summed E-state index contributed by atoms with van der Waals surface area (Å²) in [6, 6.07) is 0. The molecule has 0 unspecified atom stereocenters. The zero-order valence-corrected chi connectivity index (χ0v) is 9.36. The van der Waals surface area contributed by atoms with Crippen molar-refractivity contribution in [3.05, 3.63) is 18.7 Å². The van der Waals surface area contributed by atoms with Crippen LogP contribution < -0.4 is 5.32 Å². The van der Waals surface area contributed by atoms with Crippen LogP contribution in [0.15, 0.2) is 18.7 Å². The Morgan fingerprint density at radius 3 is 2.87 bits per heavy atom. The van der Waals surface area contributed by atoms with E-state index in [2.05, 4.69) is 14.9 Å². The largest absolute Gasteiger partial charge is 0.336 e. The molecular weight excluding hydrogens is 186 g/mol. The van der Waals surface area contributed by atoms with E-state index < -0.39 is 0 Å². The first-order valence-corrected chi connectivity index (χ1v) is 6.11. The zero-order chi connectivity index (χ0) is 10.3. The molecule has 1 heterocycles. The minimum absolute atomic E-state index is 0.932. The Morgan fingerprint density at radius 2 is 2.13 bits per heavy atom. The number of hydrogen-bond donors (Lipinski definition) is 1. The number of imidazole rings is 1. The van der Waals surface area contributed by atoms with Gasteiger partial charge in [-0.05, 0) is 25.3 Å². The first-order chi connectivity index (χ1) is 7.45. The third-order valence-corrected chi connectivity index (χ3v) is 3.26. The normalized spacial score (nSPS) is 18.1. The lowest BCUT2D eigenvalue weighted by Gasteiger charge is -2.21. The van der Waals surface area contributed by atoms with Crippen LogP contribution in [0.2, 0.25) is 0 Å². The first-order valence-electron chi connectivity index (χ1n) is 6.11. The van der Waals surface area contributed by atoms with Gasteiger partial charge < -0.3 is 9.88 Å². The standard InChI is InChI=1S/C12H21N3/c1-2-4-12(5-3-1)10-13-6-8-15-9-7-14-11-15/h7,9,11-13H,1-6,8,10H2. The van der Waals surface area contributed by atoms with Crippen molar-refractivity contribution >= 4 is 0 Å². The van der Waals surface area contributed by atoms with Crippen molar-refractivity contribution in [2.45, 2.75) is 38.6 Å². The molecule has 1 fully saturated rings. The summed E-state index contributed by atoms with van der Waals surface area (Å²) in [7, 11) is 0. The van der Waals surface area contributed by atoms with Gasteiger partial charge in [0.2, 0.25) is 0 Å².